The Hall–Kier alpha value is -1.46. The molecule has 1 aliphatic heterocycles. The van der Waals surface area contributed by atoms with Gasteiger partial charge in [0.1, 0.15) is 5.69 Å². The lowest BCUT2D eigenvalue weighted by molar-refractivity contribution is 0.0767. The summed E-state index contributed by atoms with van der Waals surface area (Å²) in [6, 6.07) is 9.88. The van der Waals surface area contributed by atoms with Gasteiger partial charge in [-0.3, -0.25) is 4.79 Å². The van der Waals surface area contributed by atoms with Crippen molar-refractivity contribution in [2.45, 2.75) is 26.2 Å². The third-order valence-electron chi connectivity index (χ3n) is 4.69. The number of likely N-dealkylation sites (tertiary alicyclic amines) is 1. The molecule has 0 bridgehead atoms. The third-order valence-corrected chi connectivity index (χ3v) is 4.69. The van der Waals surface area contributed by atoms with Crippen LogP contribution in [0, 0.1) is 6.92 Å². The number of benzene rings is 1. The fourth-order valence-corrected chi connectivity index (χ4v) is 3.23. The van der Waals surface area contributed by atoms with E-state index in [-0.39, 0.29) is 22.9 Å². The van der Waals surface area contributed by atoms with Crippen LogP contribution in [0.1, 0.15) is 35.3 Å². The van der Waals surface area contributed by atoms with E-state index in [0.29, 0.717) is 5.69 Å². The van der Waals surface area contributed by atoms with E-state index in [0.717, 1.165) is 42.6 Å². The highest BCUT2D eigenvalue weighted by molar-refractivity contribution is 8.93. The summed E-state index contributed by atoms with van der Waals surface area (Å²) in [5.74, 6) is 0.0101. The van der Waals surface area contributed by atoms with Crippen LogP contribution >= 0.6 is 17.0 Å². The van der Waals surface area contributed by atoms with Crippen molar-refractivity contribution in [1.29, 1.82) is 0 Å². The van der Waals surface area contributed by atoms with E-state index >= 15 is 0 Å². The zero-order valence-corrected chi connectivity index (χ0v) is 16.2. The number of aromatic nitrogens is 1. The number of pyridine rings is 1. The first-order chi connectivity index (χ1) is 11.1. The Labute approximate surface area is 154 Å². The van der Waals surface area contributed by atoms with Crippen LogP contribution in [0.15, 0.2) is 30.3 Å². The lowest BCUT2D eigenvalue weighted by Crippen LogP contribution is -2.38. The van der Waals surface area contributed by atoms with Gasteiger partial charge in [-0.25, -0.2) is 4.98 Å². The average Bonchev–Trinajstić information content (AvgIpc) is 2.60. The number of hydrogen-bond acceptors (Lipinski definition) is 3. The summed E-state index contributed by atoms with van der Waals surface area (Å²) in [5, 5.41) is 1.11. The van der Waals surface area contributed by atoms with E-state index in [9.17, 15) is 4.79 Å². The maximum Gasteiger partial charge on any atom is 0.272 e. The minimum atomic E-state index is 0. The molecular weight excluding hydrogens is 366 g/mol. The Morgan fingerprint density at radius 2 is 1.92 bits per heavy atom. The van der Waals surface area contributed by atoms with Crippen molar-refractivity contribution >= 4 is 33.8 Å². The van der Waals surface area contributed by atoms with Crippen LogP contribution in [0.5, 0.6) is 0 Å². The number of fused-ring (bicyclic) bond motifs is 1. The molecular formula is C19H26BrN3O. The molecule has 0 radical (unpaired) electrons. The van der Waals surface area contributed by atoms with Gasteiger partial charge in [0.2, 0.25) is 0 Å². The van der Waals surface area contributed by atoms with E-state index < -0.39 is 0 Å². The van der Waals surface area contributed by atoms with E-state index in [2.05, 4.69) is 9.88 Å². The van der Waals surface area contributed by atoms with Gasteiger partial charge in [-0.05, 0) is 50.6 Å². The second kappa shape index (κ2) is 8.58. The summed E-state index contributed by atoms with van der Waals surface area (Å²) in [4.78, 5) is 21.5. The monoisotopic (exact) mass is 391 g/mol. The normalized spacial score (nSPS) is 15.1. The van der Waals surface area contributed by atoms with Crippen molar-refractivity contribution < 1.29 is 4.79 Å². The van der Waals surface area contributed by atoms with E-state index in [1.807, 2.05) is 44.3 Å². The molecule has 1 aromatic heterocycles. The van der Waals surface area contributed by atoms with Crippen LogP contribution in [0.4, 0.5) is 0 Å². The molecule has 0 N–H and O–H groups in total. The van der Waals surface area contributed by atoms with Gasteiger partial charge in [0.15, 0.2) is 0 Å². The quantitative estimate of drug-likeness (QED) is 0.797. The molecule has 0 saturated carbocycles. The highest BCUT2D eigenvalue weighted by Crippen LogP contribution is 2.18. The molecule has 1 fully saturated rings. The summed E-state index contributed by atoms with van der Waals surface area (Å²) >= 11 is 0. The highest BCUT2D eigenvalue weighted by atomic mass is 79.9. The zero-order valence-electron chi connectivity index (χ0n) is 14.5. The number of rotatable bonds is 4. The molecule has 4 nitrogen and oxygen atoms in total. The minimum absolute atomic E-state index is 0. The summed E-state index contributed by atoms with van der Waals surface area (Å²) in [7, 11) is 1.87. The number of amides is 1. The number of carbonyl (C=O) groups is 1. The molecule has 2 aromatic rings. The van der Waals surface area contributed by atoms with Crippen LogP contribution in [-0.2, 0) is 0 Å². The van der Waals surface area contributed by atoms with Gasteiger partial charge in [-0.15, -0.1) is 17.0 Å². The molecule has 3 rings (SSSR count). The van der Waals surface area contributed by atoms with E-state index in [4.69, 9.17) is 0 Å². The highest BCUT2D eigenvalue weighted by Gasteiger charge is 2.17. The molecule has 0 spiro atoms. The van der Waals surface area contributed by atoms with Gasteiger partial charge in [-0.1, -0.05) is 24.6 Å². The minimum Gasteiger partial charge on any atom is -0.339 e. The molecule has 130 valence electrons. The molecule has 0 atom stereocenters. The van der Waals surface area contributed by atoms with E-state index in [1.165, 1.54) is 19.3 Å². The van der Waals surface area contributed by atoms with Crippen LogP contribution < -0.4 is 0 Å². The lowest BCUT2D eigenvalue weighted by Gasteiger charge is -2.28. The Morgan fingerprint density at radius 1 is 1.21 bits per heavy atom. The van der Waals surface area contributed by atoms with Crippen molar-refractivity contribution in [2.75, 3.05) is 33.2 Å². The van der Waals surface area contributed by atoms with Crippen molar-refractivity contribution in [3.8, 4) is 0 Å². The lowest BCUT2D eigenvalue weighted by atomic mass is 10.1. The van der Waals surface area contributed by atoms with Crippen molar-refractivity contribution in [3.05, 3.63) is 41.6 Å². The predicted octanol–water partition coefficient (Wildman–Crippen LogP) is 3.68. The van der Waals surface area contributed by atoms with Crippen molar-refractivity contribution in [2.24, 2.45) is 0 Å². The van der Waals surface area contributed by atoms with Gasteiger partial charge in [0, 0.05) is 25.5 Å². The van der Waals surface area contributed by atoms with E-state index in [1.54, 1.807) is 4.90 Å². The van der Waals surface area contributed by atoms with Gasteiger partial charge >= 0.3 is 0 Å². The first-order valence-electron chi connectivity index (χ1n) is 8.49. The Balaban J connectivity index is 0.00000208. The van der Waals surface area contributed by atoms with Gasteiger partial charge < -0.3 is 9.80 Å². The molecule has 0 unspecified atom stereocenters. The number of likely N-dealkylation sites (N-methyl/N-ethyl adjacent to an activating group) is 1. The summed E-state index contributed by atoms with van der Waals surface area (Å²) in [5.41, 5.74) is 2.53. The molecule has 1 saturated heterocycles. The van der Waals surface area contributed by atoms with Crippen molar-refractivity contribution in [1.82, 2.24) is 14.8 Å². The fraction of sp³-hybridized carbons (Fsp3) is 0.474. The average molecular weight is 392 g/mol. The number of aryl methyl sites for hydroxylation is 1. The molecule has 1 aromatic carbocycles. The smallest absolute Gasteiger partial charge is 0.272 e. The largest absolute Gasteiger partial charge is 0.339 e. The summed E-state index contributed by atoms with van der Waals surface area (Å²) in [6.07, 6.45) is 3.90. The summed E-state index contributed by atoms with van der Waals surface area (Å²) < 4.78 is 0. The molecule has 5 heteroatoms. The third kappa shape index (κ3) is 4.33. The number of hydrogen-bond donors (Lipinski definition) is 0. The number of carbonyl (C=O) groups excluding carboxylic acids is 1. The Kier molecular flexibility index (Phi) is 6.75. The fourth-order valence-electron chi connectivity index (χ4n) is 3.23. The Morgan fingerprint density at radius 3 is 2.67 bits per heavy atom. The first-order valence-corrected chi connectivity index (χ1v) is 8.49. The second-order valence-electron chi connectivity index (χ2n) is 6.47. The maximum absolute atomic E-state index is 12.7. The molecule has 24 heavy (non-hydrogen) atoms. The van der Waals surface area contributed by atoms with Crippen molar-refractivity contribution in [3.63, 3.8) is 0 Å². The topological polar surface area (TPSA) is 36.4 Å². The number of halogens is 1. The Bertz CT molecular complexity index is 698. The number of para-hydroxylation sites is 1. The van der Waals surface area contributed by atoms with Crippen LogP contribution in [0.25, 0.3) is 10.9 Å². The standard InChI is InChI=1S/C19H25N3O.BrH/c1-15-14-18(20-17-9-5-4-8-16(15)17)19(23)21(2)12-13-22-10-6-3-7-11-22;/h4-5,8-9,14H,3,6-7,10-13H2,1-2H3;1H. The SMILES string of the molecule is Br.Cc1cc(C(=O)N(C)CCN2CCCCC2)nc2ccccc12. The first kappa shape index (κ1) is 18.9. The zero-order chi connectivity index (χ0) is 16.2. The van der Waals surface area contributed by atoms with Crippen LogP contribution in [-0.4, -0.2) is 53.9 Å². The number of nitrogens with zero attached hydrogens (tertiary/aromatic N) is 3. The number of piperidine rings is 1. The van der Waals surface area contributed by atoms with Gasteiger partial charge in [-0.2, -0.15) is 0 Å². The summed E-state index contributed by atoms with van der Waals surface area (Å²) in [6.45, 7) is 6.07. The maximum atomic E-state index is 12.7. The molecule has 0 aliphatic carbocycles. The van der Waals surface area contributed by atoms with Crippen LogP contribution in [0.2, 0.25) is 0 Å². The molecule has 1 aliphatic rings. The molecule has 1 amide bonds. The second-order valence-corrected chi connectivity index (χ2v) is 6.47. The predicted molar refractivity (Wildman–Crippen MR) is 104 cm³/mol. The van der Waals surface area contributed by atoms with Gasteiger partial charge in [0.25, 0.3) is 5.91 Å². The van der Waals surface area contributed by atoms with Gasteiger partial charge in [0.05, 0.1) is 5.52 Å². The molecule has 2 heterocycles. The van der Waals surface area contributed by atoms with Crippen LogP contribution in [0.3, 0.4) is 0 Å².